The van der Waals surface area contributed by atoms with Crippen molar-refractivity contribution < 1.29 is 38.2 Å². The second-order valence-corrected chi connectivity index (χ2v) is 15.0. The van der Waals surface area contributed by atoms with Crippen LogP contribution in [-0.4, -0.2) is 101 Å². The molecule has 0 fully saturated rings. The number of aryl methyl sites for hydroxylation is 4. The van der Waals surface area contributed by atoms with E-state index in [4.69, 9.17) is 25.9 Å². The third kappa shape index (κ3) is 11.2. The van der Waals surface area contributed by atoms with Crippen LogP contribution < -0.4 is 37.3 Å². The molecule has 0 aliphatic carbocycles. The summed E-state index contributed by atoms with van der Waals surface area (Å²) in [4.78, 5) is 70.9. The van der Waals surface area contributed by atoms with Gasteiger partial charge >= 0.3 is 6.09 Å². The number of methoxy groups -OCH3 is 1. The number of nitrogens with two attached hydrogens (primary N) is 3. The number of anilines is 2. The van der Waals surface area contributed by atoms with Gasteiger partial charge in [-0.3, -0.25) is 39.2 Å². The predicted molar refractivity (Wildman–Crippen MR) is 243 cm³/mol. The number of allylic oxidation sites excluding steroid dienone is 2. The third-order valence-corrected chi connectivity index (χ3v) is 10.2. The number of carbonyl (C=O) groups is 5. The molecule has 0 radical (unpaired) electrons. The summed E-state index contributed by atoms with van der Waals surface area (Å²) in [6.45, 7) is 11.1. The Morgan fingerprint density at radius 3 is 1.58 bits per heavy atom. The summed E-state index contributed by atoms with van der Waals surface area (Å²) in [6.07, 6.45) is 5.76. The van der Waals surface area contributed by atoms with Crippen LogP contribution in [0.5, 0.6) is 11.5 Å². The molecule has 6 aromatic rings. The maximum atomic E-state index is 13.7. The van der Waals surface area contributed by atoms with Crippen LogP contribution in [0, 0.1) is 13.8 Å². The lowest BCUT2D eigenvalue weighted by Crippen LogP contribution is -2.20. The molecule has 0 aliphatic heterocycles. The zero-order chi connectivity index (χ0) is 46.7. The van der Waals surface area contributed by atoms with Crippen molar-refractivity contribution in [2.24, 2.45) is 17.2 Å². The molecule has 6 rings (SSSR count). The van der Waals surface area contributed by atoms with E-state index in [9.17, 15) is 24.0 Å². The molecule has 0 saturated carbocycles. The van der Waals surface area contributed by atoms with Gasteiger partial charge in [0.1, 0.15) is 33.9 Å². The monoisotopic (exact) mass is 899 g/mol. The second-order valence-electron chi connectivity index (χ2n) is 14.0. The standard InChI is InChI=1S/C39H46N12O6S.C3H7NO2/c1-7-50-28(16-22(3)46-50)36(54)44-38-42-26-18-24(34(40)52)20-30(56-5)32(26)48(38)12-9-10-13-49-33-27(19-25(35(41)53)21-31(33)57-14-11-15-58-6)43-39(49)45-37(55)29-17-23(4)47-51(29)8-2;1-2-6-3(4)5/h9-10,16-21H,7-8,11-15H2,1-6H3,(H2,40,52)(H2,41,53)(H,42,44,54)(H,43,45,55);2H2,1H3,(H2,4,5)/b10-9+;. The Bertz CT molecular complexity index is 2710. The van der Waals surface area contributed by atoms with Gasteiger partial charge in [0.05, 0.1) is 42.7 Å². The van der Waals surface area contributed by atoms with Crippen molar-refractivity contribution in [2.75, 3.05) is 43.0 Å². The smallest absolute Gasteiger partial charge is 0.404 e. The van der Waals surface area contributed by atoms with Crippen molar-refractivity contribution in [2.45, 2.75) is 67.2 Å². The quantitative estimate of drug-likeness (QED) is 0.0548. The Hall–Kier alpha value is -7.36. The van der Waals surface area contributed by atoms with Gasteiger partial charge in [-0.2, -0.15) is 22.0 Å². The molecule has 0 bridgehead atoms. The minimum Gasteiger partial charge on any atom is -0.494 e. The van der Waals surface area contributed by atoms with Crippen molar-refractivity contribution in [3.8, 4) is 11.5 Å². The Balaban J connectivity index is 0.00000120. The first-order valence-corrected chi connectivity index (χ1v) is 21.7. The molecule has 0 aliphatic rings. The van der Waals surface area contributed by atoms with Crippen molar-refractivity contribution in [3.63, 3.8) is 0 Å². The van der Waals surface area contributed by atoms with Gasteiger partial charge in [0, 0.05) is 37.3 Å². The number of amides is 5. The number of primary amides is 3. The largest absolute Gasteiger partial charge is 0.494 e. The zero-order valence-electron chi connectivity index (χ0n) is 36.8. The van der Waals surface area contributed by atoms with Crippen LogP contribution in [0.2, 0.25) is 0 Å². The highest BCUT2D eigenvalue weighted by molar-refractivity contribution is 7.98. The molecular formula is C42H53N13O8S. The molecule has 4 heterocycles. The number of thioether (sulfide) groups is 1. The summed E-state index contributed by atoms with van der Waals surface area (Å²) in [5.74, 6) is -0.206. The van der Waals surface area contributed by atoms with E-state index in [0.29, 0.717) is 82.6 Å². The van der Waals surface area contributed by atoms with E-state index >= 15 is 0 Å². The number of carbonyl (C=O) groups excluding carboxylic acids is 5. The molecule has 340 valence electrons. The van der Waals surface area contributed by atoms with Gasteiger partial charge in [-0.25, -0.2) is 14.8 Å². The molecule has 4 aromatic heterocycles. The molecule has 21 nitrogen and oxygen atoms in total. The average molecular weight is 900 g/mol. The first-order chi connectivity index (χ1) is 30.6. The van der Waals surface area contributed by atoms with E-state index in [-0.39, 0.29) is 36.1 Å². The molecule has 0 atom stereocenters. The van der Waals surface area contributed by atoms with Crippen molar-refractivity contribution >= 4 is 75.4 Å². The molecule has 0 saturated heterocycles. The van der Waals surface area contributed by atoms with Gasteiger partial charge in [-0.15, -0.1) is 0 Å². The first-order valence-electron chi connectivity index (χ1n) is 20.3. The van der Waals surface area contributed by atoms with Crippen molar-refractivity contribution in [1.29, 1.82) is 0 Å². The second kappa shape index (κ2) is 21.6. The minimum atomic E-state index is -0.711. The van der Waals surface area contributed by atoms with Crippen LogP contribution in [0.25, 0.3) is 22.1 Å². The number of nitrogens with zero attached hydrogens (tertiary/aromatic N) is 8. The summed E-state index contributed by atoms with van der Waals surface area (Å²) in [5.41, 5.74) is 20.2. The number of rotatable bonds is 19. The van der Waals surface area contributed by atoms with Gasteiger partial charge in [0.25, 0.3) is 11.8 Å². The number of ether oxygens (including phenoxy) is 3. The predicted octanol–water partition coefficient (Wildman–Crippen LogP) is 4.64. The van der Waals surface area contributed by atoms with Gasteiger partial charge in [-0.05, 0) is 89.4 Å². The number of fused-ring (bicyclic) bond motifs is 2. The molecular weight excluding hydrogens is 847 g/mol. The molecule has 22 heteroatoms. The SMILES string of the molecule is CCOC(N)=O.CCn1nc(C)cc1C(=O)Nc1nc2cc(C(N)=O)cc(OC)c2n1C/C=C/Cn1c(NC(=O)c2cc(C)nn2CC)nc2cc(C(N)=O)cc(OCCCSC)c21. The lowest BCUT2D eigenvalue weighted by atomic mass is 10.1. The van der Waals surface area contributed by atoms with Gasteiger partial charge < -0.3 is 40.5 Å². The maximum absolute atomic E-state index is 13.7. The fourth-order valence-corrected chi connectivity index (χ4v) is 7.12. The summed E-state index contributed by atoms with van der Waals surface area (Å²) in [7, 11) is 1.46. The van der Waals surface area contributed by atoms with Crippen molar-refractivity contribution in [3.05, 3.63) is 82.5 Å². The number of benzene rings is 2. The molecule has 5 amide bonds. The van der Waals surface area contributed by atoms with E-state index in [0.717, 1.165) is 12.2 Å². The maximum Gasteiger partial charge on any atom is 0.404 e. The zero-order valence-corrected chi connectivity index (χ0v) is 37.6. The average Bonchev–Trinajstić information content (AvgIpc) is 4.02. The first kappa shape index (κ1) is 47.7. The molecule has 8 N–H and O–H groups in total. The van der Waals surface area contributed by atoms with Crippen LogP contribution in [0.3, 0.4) is 0 Å². The fraction of sp³-hybridized carbons (Fsp3) is 0.357. The topological polar surface area (TPSA) is 286 Å². The van der Waals surface area contributed by atoms with E-state index in [1.807, 2.05) is 39.2 Å². The fourth-order valence-electron chi connectivity index (χ4n) is 6.71. The Morgan fingerprint density at radius 2 is 1.19 bits per heavy atom. The Morgan fingerprint density at radius 1 is 0.719 bits per heavy atom. The summed E-state index contributed by atoms with van der Waals surface area (Å²) in [6, 6.07) is 9.59. The van der Waals surface area contributed by atoms with Crippen molar-refractivity contribution in [1.82, 2.24) is 38.7 Å². The Kier molecular flexibility index (Phi) is 16.1. The highest BCUT2D eigenvalue weighted by atomic mass is 32.2. The Labute approximate surface area is 372 Å². The normalized spacial score (nSPS) is 11.1. The van der Waals surface area contributed by atoms with Gasteiger partial charge in [0.2, 0.25) is 23.7 Å². The summed E-state index contributed by atoms with van der Waals surface area (Å²) < 4.78 is 22.8. The molecule has 64 heavy (non-hydrogen) atoms. The number of aromatic nitrogens is 8. The minimum absolute atomic E-state index is 0.178. The summed E-state index contributed by atoms with van der Waals surface area (Å²) >= 11 is 1.69. The van der Waals surface area contributed by atoms with E-state index in [1.165, 1.54) is 19.2 Å². The van der Waals surface area contributed by atoms with Gasteiger partial charge in [-0.1, -0.05) is 12.2 Å². The lowest BCUT2D eigenvalue weighted by molar-refractivity contribution is 0.0991. The number of imidazole rings is 2. The van der Waals surface area contributed by atoms with Crippen LogP contribution in [-0.2, 0) is 30.9 Å². The van der Waals surface area contributed by atoms with E-state index < -0.39 is 29.7 Å². The van der Waals surface area contributed by atoms with Crippen LogP contribution in [0.1, 0.15) is 80.3 Å². The van der Waals surface area contributed by atoms with Crippen LogP contribution in [0.4, 0.5) is 16.7 Å². The number of hydrogen-bond donors (Lipinski definition) is 5. The van der Waals surface area contributed by atoms with E-state index in [2.05, 4.69) is 36.3 Å². The number of hydrogen-bond acceptors (Lipinski definition) is 13. The lowest BCUT2D eigenvalue weighted by Gasteiger charge is -2.13. The molecule has 0 spiro atoms. The third-order valence-electron chi connectivity index (χ3n) is 9.50. The van der Waals surface area contributed by atoms with Crippen LogP contribution >= 0.6 is 11.8 Å². The van der Waals surface area contributed by atoms with Gasteiger partial charge in [0.15, 0.2) is 0 Å². The van der Waals surface area contributed by atoms with E-state index in [1.54, 1.807) is 68.4 Å². The van der Waals surface area contributed by atoms with Crippen LogP contribution in [0.15, 0.2) is 48.6 Å². The summed E-state index contributed by atoms with van der Waals surface area (Å²) in [5, 5.41) is 14.7. The molecule has 0 unspecified atom stereocenters. The highest BCUT2D eigenvalue weighted by Gasteiger charge is 2.23. The highest BCUT2D eigenvalue weighted by Crippen LogP contribution is 2.33. The number of nitrogens with one attached hydrogen (secondary N) is 2. The molecule has 2 aromatic carbocycles.